The van der Waals surface area contributed by atoms with E-state index >= 15 is 0 Å². The summed E-state index contributed by atoms with van der Waals surface area (Å²) in [5.41, 5.74) is 8.91. The number of nitrogens with two attached hydrogens (primary N) is 1. The van der Waals surface area contributed by atoms with Gasteiger partial charge in [-0.05, 0) is 105 Å². The molecule has 34 heteroatoms. The number of ether oxygens (including phenoxy) is 2. The van der Waals surface area contributed by atoms with Crippen molar-refractivity contribution < 1.29 is 71.8 Å². The fourth-order valence-corrected chi connectivity index (χ4v) is 13.3. The molecule has 34 nitrogen and oxygen atoms in total. The molecular formula is C72H89N19O15. The number of likely N-dealkylation sites (N-methyl/N-ethyl adjacent to an activating group) is 1. The molecule has 5 aliphatic rings. The standard InChI is InChI=1S/C72H89N19O15/c1-6-53-69(102)86(4)55-38-76-71(83-63(55)91(53)47-14-9-10-15-47)80-51-25-22-44(36-56(51)105-5)64(97)75-37-46-39-88(85-84-46)35-34-87(33-30-59(94)78-50-17-12-16-48-49(50)40-90(68(48)101)54-26-27-58(93)82-66(54)99)72(104)106-41-43-20-23-45(24-21-43)77-65(98)52(18-13-31-74-70(73)103)79-67(100)62(42(2)3)81-57(92)19-8-7-11-32-89-60(95)28-29-61(89)96/h12,16-17,20-25,28-29,36,38-39,42,47,52-54,62H,6-11,13-15,18-19,26-27,30-35,37,40-41H2,1-5H3,(H,75,97)(H,77,98)(H,78,94)(H,79,100)(H,81,92)(H3,73,74,103)(H,76,80,83)(H,82,93,99)/t52-,53+,54?,62-/m0/s1. The van der Waals surface area contributed by atoms with E-state index in [9.17, 15) is 62.3 Å². The fraction of sp³-hybridized carbons (Fsp3) is 0.458. The van der Waals surface area contributed by atoms with Gasteiger partial charge in [0.1, 0.15) is 47.9 Å². The largest absolute Gasteiger partial charge is 0.495 e. The number of amides is 14. The second-order valence-electron chi connectivity index (χ2n) is 26.8. The van der Waals surface area contributed by atoms with E-state index in [1.807, 2.05) is 6.92 Å². The van der Waals surface area contributed by atoms with Crippen molar-refractivity contribution >= 4 is 112 Å². The van der Waals surface area contributed by atoms with Gasteiger partial charge >= 0.3 is 12.1 Å². The van der Waals surface area contributed by atoms with Crippen molar-refractivity contribution in [2.24, 2.45) is 11.7 Å². The number of carbonyl (C=O) groups is 13. The normalized spacial score (nSPS) is 16.8. The van der Waals surface area contributed by atoms with Crippen molar-refractivity contribution in [2.45, 2.75) is 167 Å². The van der Waals surface area contributed by atoms with Gasteiger partial charge in [-0.3, -0.25) is 67.6 Å². The second-order valence-corrected chi connectivity index (χ2v) is 26.8. The predicted octanol–water partition coefficient (Wildman–Crippen LogP) is 4.18. The summed E-state index contributed by atoms with van der Waals surface area (Å²) in [6.45, 7) is 5.30. The molecule has 1 saturated heterocycles. The smallest absolute Gasteiger partial charge is 0.410 e. The van der Waals surface area contributed by atoms with Crippen molar-refractivity contribution in [3.8, 4) is 5.75 Å². The summed E-state index contributed by atoms with van der Waals surface area (Å²) in [5, 5.41) is 30.5. The first-order chi connectivity index (χ1) is 51.0. The number of rotatable bonds is 34. The summed E-state index contributed by atoms with van der Waals surface area (Å²) in [7, 11) is 3.21. The first-order valence-corrected chi connectivity index (χ1v) is 35.6. The first kappa shape index (κ1) is 76.8. The number of piperidine rings is 1. The number of carbonyl (C=O) groups excluding carboxylic acids is 13. The number of nitrogens with one attached hydrogen (secondary N) is 8. The van der Waals surface area contributed by atoms with Crippen molar-refractivity contribution in [2.75, 3.05) is 66.1 Å². The SMILES string of the molecule is CC[C@@H]1C(=O)N(C)c2cnc(Nc3ccc(C(=O)NCc4cn(CCN(CCC(=O)Nc5cccc6c5CN(C5CCC(=O)NC5=O)C6=O)C(=O)OCc5ccc(NC(=O)[C@H](CCCNC(N)=O)NC(=O)[C@@H](NC(=O)CCCCCN6C(=O)C=CC6=O)C(C)C)cc5)nn4)cc3OC)nc2N1C1CCCC1. The molecule has 562 valence electrons. The van der Waals surface area contributed by atoms with E-state index in [-0.39, 0.29) is 138 Å². The summed E-state index contributed by atoms with van der Waals surface area (Å²) in [4.78, 5) is 186. The van der Waals surface area contributed by atoms with Crippen LogP contribution in [0.5, 0.6) is 5.75 Å². The molecule has 1 saturated carbocycles. The minimum atomic E-state index is -1.15. The molecule has 106 heavy (non-hydrogen) atoms. The van der Waals surface area contributed by atoms with Gasteiger partial charge in [-0.15, -0.1) is 5.10 Å². The van der Waals surface area contributed by atoms with E-state index in [0.717, 1.165) is 30.6 Å². The molecule has 1 aliphatic carbocycles. The quantitative estimate of drug-likeness (QED) is 0.0206. The van der Waals surface area contributed by atoms with E-state index in [0.29, 0.717) is 76.8 Å². The highest BCUT2D eigenvalue weighted by molar-refractivity contribution is 6.13. The van der Waals surface area contributed by atoms with E-state index in [2.05, 4.69) is 62.7 Å². The Kier molecular flexibility index (Phi) is 25.7. The lowest BCUT2D eigenvalue weighted by Gasteiger charge is -2.43. The topological polar surface area (TPSA) is 435 Å². The Bertz CT molecular complexity index is 4180. The molecule has 14 amide bonds. The van der Waals surface area contributed by atoms with Crippen LogP contribution in [-0.4, -0.2) is 187 Å². The van der Waals surface area contributed by atoms with Crippen LogP contribution in [0.3, 0.4) is 0 Å². The average Bonchev–Trinajstić information content (AvgIpc) is 1.15. The number of nitrogens with zero attached hydrogens (tertiary/aromatic N) is 10. The molecular weight excluding hydrogens is 1370 g/mol. The van der Waals surface area contributed by atoms with Crippen LogP contribution in [0.1, 0.15) is 148 Å². The lowest BCUT2D eigenvalue weighted by atomic mass is 10.0. The molecule has 2 aromatic heterocycles. The molecule has 2 fully saturated rings. The lowest BCUT2D eigenvalue weighted by molar-refractivity contribution is -0.138. The number of methoxy groups -OCH3 is 1. The zero-order valence-electron chi connectivity index (χ0n) is 59.8. The van der Waals surface area contributed by atoms with Crippen LogP contribution in [0.4, 0.5) is 44.1 Å². The Morgan fingerprint density at radius 3 is 2.29 bits per heavy atom. The third kappa shape index (κ3) is 19.3. The van der Waals surface area contributed by atoms with Crippen molar-refractivity contribution in [1.82, 2.24) is 66.2 Å². The number of anilines is 6. The van der Waals surface area contributed by atoms with Gasteiger partial charge in [0.15, 0.2) is 5.82 Å². The van der Waals surface area contributed by atoms with Gasteiger partial charge in [0, 0.05) is 105 Å². The van der Waals surface area contributed by atoms with Crippen LogP contribution < -0.4 is 62.8 Å². The molecule has 0 spiro atoms. The number of hydrogen-bond acceptors (Lipinski definition) is 21. The van der Waals surface area contributed by atoms with Crippen LogP contribution in [0.15, 0.2) is 85.2 Å². The summed E-state index contributed by atoms with van der Waals surface area (Å²) in [5.74, 6) is -3.93. The summed E-state index contributed by atoms with van der Waals surface area (Å²) in [6, 6.07) is 12.0. The van der Waals surface area contributed by atoms with Gasteiger partial charge in [0.05, 0.1) is 38.3 Å². The highest BCUT2D eigenvalue weighted by Crippen LogP contribution is 2.41. The monoisotopic (exact) mass is 1460 g/mol. The van der Waals surface area contributed by atoms with Crippen molar-refractivity contribution in [3.63, 3.8) is 0 Å². The van der Waals surface area contributed by atoms with Crippen LogP contribution in [0.2, 0.25) is 0 Å². The Labute approximate surface area is 611 Å². The molecule has 6 heterocycles. The van der Waals surface area contributed by atoms with Gasteiger partial charge in [-0.25, -0.2) is 14.6 Å². The molecule has 4 aliphatic heterocycles. The van der Waals surface area contributed by atoms with Gasteiger partial charge < -0.3 is 72.0 Å². The van der Waals surface area contributed by atoms with Crippen molar-refractivity contribution in [1.29, 1.82) is 0 Å². The van der Waals surface area contributed by atoms with Gasteiger partial charge in [-0.1, -0.05) is 63.4 Å². The van der Waals surface area contributed by atoms with Crippen molar-refractivity contribution in [3.05, 3.63) is 113 Å². The number of unbranched alkanes of at least 4 members (excludes halogenated alkanes) is 2. The van der Waals surface area contributed by atoms with E-state index in [4.69, 9.17) is 20.2 Å². The number of imide groups is 2. The minimum absolute atomic E-state index is 0.000210. The highest BCUT2D eigenvalue weighted by Gasteiger charge is 2.43. The van der Waals surface area contributed by atoms with Crippen LogP contribution >= 0.6 is 0 Å². The average molecular weight is 1460 g/mol. The molecule has 5 aromatic rings. The van der Waals surface area contributed by atoms with Crippen LogP contribution in [0.25, 0.3) is 0 Å². The Morgan fingerprint density at radius 2 is 1.58 bits per heavy atom. The number of benzene rings is 3. The first-order valence-electron chi connectivity index (χ1n) is 35.6. The maximum atomic E-state index is 14.1. The molecule has 1 unspecified atom stereocenters. The lowest BCUT2D eigenvalue weighted by Crippen LogP contribution is -2.55. The number of aromatic nitrogens is 5. The maximum absolute atomic E-state index is 14.1. The number of hydrogen-bond donors (Lipinski definition) is 9. The van der Waals surface area contributed by atoms with Gasteiger partial charge in [-0.2, -0.15) is 4.98 Å². The number of urea groups is 1. The molecule has 10 N–H and O–H groups in total. The predicted molar refractivity (Wildman–Crippen MR) is 384 cm³/mol. The zero-order valence-corrected chi connectivity index (χ0v) is 59.8. The van der Waals surface area contributed by atoms with E-state index in [1.54, 1.807) is 98.9 Å². The van der Waals surface area contributed by atoms with E-state index < -0.39 is 83.4 Å². The Hall–Kier alpha value is -11.9. The third-order valence-corrected chi connectivity index (χ3v) is 19.1. The molecule has 0 radical (unpaired) electrons. The van der Waals surface area contributed by atoms with Gasteiger partial charge in [0.2, 0.25) is 47.3 Å². The minimum Gasteiger partial charge on any atom is -0.495 e. The van der Waals surface area contributed by atoms with Crippen LogP contribution in [0, 0.1) is 5.92 Å². The Morgan fingerprint density at radius 1 is 0.811 bits per heavy atom. The second kappa shape index (κ2) is 35.5. The summed E-state index contributed by atoms with van der Waals surface area (Å²) in [6.07, 6.45) is 11.3. The summed E-state index contributed by atoms with van der Waals surface area (Å²) >= 11 is 0. The van der Waals surface area contributed by atoms with Gasteiger partial charge in [0.25, 0.3) is 23.6 Å². The Balaban J connectivity index is 0.758. The fourth-order valence-electron chi connectivity index (χ4n) is 13.3. The highest BCUT2D eigenvalue weighted by atomic mass is 16.6. The number of fused-ring (bicyclic) bond motifs is 2. The molecule has 10 rings (SSSR count). The number of primary amides is 1. The molecule has 3 aromatic carbocycles. The maximum Gasteiger partial charge on any atom is 0.410 e. The zero-order chi connectivity index (χ0) is 75.7. The summed E-state index contributed by atoms with van der Waals surface area (Å²) < 4.78 is 13.0. The van der Waals surface area contributed by atoms with Crippen LogP contribution in [-0.2, 0) is 74.1 Å². The molecule has 4 atom stereocenters. The van der Waals surface area contributed by atoms with E-state index in [1.165, 1.54) is 33.7 Å². The third-order valence-electron chi connectivity index (χ3n) is 19.1. The molecule has 0 bridgehead atoms.